The van der Waals surface area contributed by atoms with Crippen LogP contribution in [0, 0.1) is 5.92 Å². The maximum Gasteiger partial charge on any atom is 0.227 e. The molecule has 0 saturated carbocycles. The van der Waals surface area contributed by atoms with E-state index in [0.717, 1.165) is 70.3 Å². The van der Waals surface area contributed by atoms with Crippen molar-refractivity contribution in [2.75, 3.05) is 50.8 Å². The Bertz CT molecular complexity index is 683. The minimum absolute atomic E-state index is 0. The van der Waals surface area contributed by atoms with E-state index in [1.165, 1.54) is 5.56 Å². The van der Waals surface area contributed by atoms with Gasteiger partial charge in [0, 0.05) is 57.4 Å². The van der Waals surface area contributed by atoms with Crippen molar-refractivity contribution < 1.29 is 9.53 Å². The third-order valence-electron chi connectivity index (χ3n) is 5.48. The van der Waals surface area contributed by atoms with Gasteiger partial charge in [-0.1, -0.05) is 18.2 Å². The fourth-order valence-corrected chi connectivity index (χ4v) is 4.02. The lowest BCUT2D eigenvalue weighted by atomic mass is 10.1. The van der Waals surface area contributed by atoms with Crippen molar-refractivity contribution in [3.8, 4) is 0 Å². The van der Waals surface area contributed by atoms with Crippen LogP contribution in [0.4, 0.5) is 5.69 Å². The molecule has 1 saturated heterocycles. The minimum atomic E-state index is 0. The third kappa shape index (κ3) is 6.57. The van der Waals surface area contributed by atoms with Crippen molar-refractivity contribution in [2.24, 2.45) is 10.9 Å². The van der Waals surface area contributed by atoms with Crippen LogP contribution in [0.3, 0.4) is 0 Å². The van der Waals surface area contributed by atoms with E-state index in [2.05, 4.69) is 23.2 Å². The summed E-state index contributed by atoms with van der Waals surface area (Å²) >= 11 is 0. The number of nitrogens with zero attached hydrogens (tertiary/aromatic N) is 3. The molecule has 1 N–H and O–H groups in total. The lowest BCUT2D eigenvalue weighted by molar-refractivity contribution is -0.118. The van der Waals surface area contributed by atoms with Gasteiger partial charge in [-0.2, -0.15) is 0 Å². The number of para-hydroxylation sites is 1. The summed E-state index contributed by atoms with van der Waals surface area (Å²) in [5.74, 6) is 1.77. The highest BCUT2D eigenvalue weighted by Gasteiger charge is 2.25. The van der Waals surface area contributed by atoms with Gasteiger partial charge in [0.25, 0.3) is 0 Å². The van der Waals surface area contributed by atoms with Crippen molar-refractivity contribution in [2.45, 2.75) is 39.5 Å². The first-order chi connectivity index (χ1) is 13.7. The van der Waals surface area contributed by atoms with E-state index in [0.29, 0.717) is 18.9 Å². The number of fused-ring (bicyclic) bond motifs is 1. The monoisotopic (exact) mass is 514 g/mol. The van der Waals surface area contributed by atoms with Crippen LogP contribution in [0.25, 0.3) is 0 Å². The Kier molecular flexibility index (Phi) is 10.2. The predicted octanol–water partition coefficient (Wildman–Crippen LogP) is 3.30. The van der Waals surface area contributed by atoms with E-state index in [-0.39, 0.29) is 29.9 Å². The minimum Gasteiger partial charge on any atom is -0.381 e. The molecule has 1 unspecified atom stereocenters. The zero-order chi connectivity index (χ0) is 19.8. The molecule has 162 valence electrons. The number of ether oxygens (including phenoxy) is 1. The molecule has 2 aliphatic rings. The summed E-state index contributed by atoms with van der Waals surface area (Å²) in [7, 11) is 0. The summed E-state index contributed by atoms with van der Waals surface area (Å²) in [6.07, 6.45) is 3.44. The number of hydrogen-bond donors (Lipinski definition) is 1. The number of anilines is 1. The Morgan fingerprint density at radius 2 is 2.10 bits per heavy atom. The van der Waals surface area contributed by atoms with Gasteiger partial charge in [0.15, 0.2) is 5.96 Å². The van der Waals surface area contributed by atoms with Gasteiger partial charge in [0.2, 0.25) is 5.91 Å². The van der Waals surface area contributed by atoms with Crippen molar-refractivity contribution >= 4 is 41.5 Å². The topological polar surface area (TPSA) is 57.2 Å². The quantitative estimate of drug-likeness (QED) is 0.251. The highest BCUT2D eigenvalue weighted by molar-refractivity contribution is 14.0. The van der Waals surface area contributed by atoms with Gasteiger partial charge in [-0.15, -0.1) is 24.0 Å². The van der Waals surface area contributed by atoms with Crippen LogP contribution in [-0.2, 0) is 16.0 Å². The second kappa shape index (κ2) is 12.4. The number of carbonyl (C=O) groups excluding carboxylic acids is 1. The standard InChI is InChI=1S/C22H34N4O2.HI/c1-3-23-22(25-14-11-18(16-25)17-28-4-2)24-13-7-10-21(27)26-15-12-19-8-5-6-9-20(19)26;/h5-6,8-9,18H,3-4,7,10-17H2,1-2H3,(H,23,24);1H. The Labute approximate surface area is 192 Å². The van der Waals surface area contributed by atoms with Gasteiger partial charge in [-0.3, -0.25) is 9.79 Å². The molecule has 1 fully saturated rings. The van der Waals surface area contributed by atoms with Crippen LogP contribution in [0.5, 0.6) is 0 Å². The van der Waals surface area contributed by atoms with Crippen LogP contribution in [0.15, 0.2) is 29.3 Å². The number of carbonyl (C=O) groups is 1. The number of aliphatic imine (C=N–C) groups is 1. The first-order valence-corrected chi connectivity index (χ1v) is 10.7. The molecule has 7 heteroatoms. The molecular formula is C22H35IN4O2. The number of rotatable bonds is 8. The maximum atomic E-state index is 12.6. The fourth-order valence-electron chi connectivity index (χ4n) is 4.02. The number of halogens is 1. The molecule has 1 atom stereocenters. The van der Waals surface area contributed by atoms with Crippen molar-refractivity contribution in [1.82, 2.24) is 10.2 Å². The number of nitrogens with one attached hydrogen (secondary N) is 1. The lowest BCUT2D eigenvalue weighted by Crippen LogP contribution is -2.40. The lowest BCUT2D eigenvalue weighted by Gasteiger charge is -2.22. The normalized spacial score (nSPS) is 18.6. The molecule has 0 radical (unpaired) electrons. The summed E-state index contributed by atoms with van der Waals surface area (Å²) in [5.41, 5.74) is 2.36. The smallest absolute Gasteiger partial charge is 0.227 e. The van der Waals surface area contributed by atoms with Crippen LogP contribution in [0.1, 0.15) is 38.7 Å². The fraction of sp³-hybridized carbons (Fsp3) is 0.636. The average molecular weight is 514 g/mol. The highest BCUT2D eigenvalue weighted by Crippen LogP contribution is 2.28. The van der Waals surface area contributed by atoms with E-state index in [1.54, 1.807) is 0 Å². The van der Waals surface area contributed by atoms with Gasteiger partial charge < -0.3 is 19.9 Å². The molecule has 6 nitrogen and oxygen atoms in total. The summed E-state index contributed by atoms with van der Waals surface area (Å²) in [6.45, 7) is 10.1. The molecule has 0 bridgehead atoms. The number of likely N-dealkylation sites (tertiary alicyclic amines) is 1. The van der Waals surface area contributed by atoms with Crippen molar-refractivity contribution in [3.63, 3.8) is 0 Å². The summed E-state index contributed by atoms with van der Waals surface area (Å²) in [6, 6.07) is 8.21. The highest BCUT2D eigenvalue weighted by atomic mass is 127. The number of guanidine groups is 1. The largest absolute Gasteiger partial charge is 0.381 e. The molecule has 0 spiro atoms. The summed E-state index contributed by atoms with van der Waals surface area (Å²) < 4.78 is 5.58. The Morgan fingerprint density at radius 3 is 2.90 bits per heavy atom. The van der Waals surface area contributed by atoms with Gasteiger partial charge in [0.1, 0.15) is 0 Å². The molecular weight excluding hydrogens is 479 g/mol. The average Bonchev–Trinajstić information content (AvgIpc) is 3.35. The van der Waals surface area contributed by atoms with E-state index in [9.17, 15) is 4.79 Å². The van der Waals surface area contributed by atoms with E-state index >= 15 is 0 Å². The molecule has 3 rings (SSSR count). The van der Waals surface area contributed by atoms with Gasteiger partial charge in [-0.05, 0) is 44.7 Å². The molecule has 0 aliphatic carbocycles. The van der Waals surface area contributed by atoms with E-state index in [4.69, 9.17) is 9.73 Å². The Morgan fingerprint density at radius 1 is 1.28 bits per heavy atom. The van der Waals surface area contributed by atoms with E-state index < -0.39 is 0 Å². The molecule has 2 aliphatic heterocycles. The summed E-state index contributed by atoms with van der Waals surface area (Å²) in [4.78, 5) is 21.6. The van der Waals surface area contributed by atoms with Crippen LogP contribution >= 0.6 is 24.0 Å². The van der Waals surface area contributed by atoms with Gasteiger partial charge in [-0.25, -0.2) is 0 Å². The molecule has 1 aromatic carbocycles. The first-order valence-electron chi connectivity index (χ1n) is 10.7. The second-order valence-electron chi connectivity index (χ2n) is 7.52. The second-order valence-corrected chi connectivity index (χ2v) is 7.52. The molecule has 2 heterocycles. The molecule has 29 heavy (non-hydrogen) atoms. The third-order valence-corrected chi connectivity index (χ3v) is 5.48. The molecule has 1 aromatic rings. The van der Waals surface area contributed by atoms with E-state index in [1.807, 2.05) is 30.0 Å². The Hall–Kier alpha value is -1.35. The van der Waals surface area contributed by atoms with Crippen LogP contribution in [0.2, 0.25) is 0 Å². The Balaban J connectivity index is 0.00000300. The van der Waals surface area contributed by atoms with Crippen LogP contribution < -0.4 is 10.2 Å². The first kappa shape index (κ1) is 23.9. The van der Waals surface area contributed by atoms with Crippen molar-refractivity contribution in [3.05, 3.63) is 29.8 Å². The van der Waals surface area contributed by atoms with Gasteiger partial charge in [0.05, 0.1) is 6.61 Å². The predicted molar refractivity (Wildman–Crippen MR) is 129 cm³/mol. The molecule has 1 amide bonds. The number of benzene rings is 1. The zero-order valence-corrected chi connectivity index (χ0v) is 20.1. The zero-order valence-electron chi connectivity index (χ0n) is 17.7. The van der Waals surface area contributed by atoms with Gasteiger partial charge >= 0.3 is 0 Å². The summed E-state index contributed by atoms with van der Waals surface area (Å²) in [5, 5.41) is 3.40. The number of hydrogen-bond acceptors (Lipinski definition) is 3. The van der Waals surface area contributed by atoms with Crippen LogP contribution in [-0.4, -0.2) is 62.7 Å². The SMILES string of the molecule is CCNC(=NCCCC(=O)N1CCc2ccccc21)N1CCC(COCC)C1.I. The molecule has 0 aromatic heterocycles. The maximum absolute atomic E-state index is 12.6. The van der Waals surface area contributed by atoms with Crippen molar-refractivity contribution in [1.29, 1.82) is 0 Å². The number of amides is 1.